The van der Waals surface area contributed by atoms with E-state index in [9.17, 15) is 4.79 Å². The first-order chi connectivity index (χ1) is 8.79. The molecule has 0 spiro atoms. The number of nitrogens with zero attached hydrogens (tertiary/aromatic N) is 1. The monoisotopic (exact) mass is 252 g/mol. The van der Waals surface area contributed by atoms with Crippen molar-refractivity contribution in [2.45, 2.75) is 76.8 Å². The van der Waals surface area contributed by atoms with Crippen LogP contribution in [0, 0.1) is 0 Å². The Kier molecular flexibility index (Phi) is 5.48. The largest absolute Gasteiger partial charge is 0.341 e. The molecule has 2 rings (SSSR count). The third-order valence-electron chi connectivity index (χ3n) is 4.42. The lowest BCUT2D eigenvalue weighted by molar-refractivity contribution is -0.129. The van der Waals surface area contributed by atoms with Crippen LogP contribution in [-0.4, -0.2) is 36.0 Å². The van der Waals surface area contributed by atoms with E-state index in [-0.39, 0.29) is 0 Å². The van der Waals surface area contributed by atoms with Crippen molar-refractivity contribution in [3.63, 3.8) is 0 Å². The highest BCUT2D eigenvalue weighted by atomic mass is 16.2. The number of nitrogens with one attached hydrogen (secondary N) is 1. The lowest BCUT2D eigenvalue weighted by atomic mass is 9.96. The van der Waals surface area contributed by atoms with E-state index in [2.05, 4.69) is 5.32 Å². The van der Waals surface area contributed by atoms with Crippen LogP contribution in [0.1, 0.15) is 64.7 Å². The molecule has 0 radical (unpaired) electrons. The van der Waals surface area contributed by atoms with E-state index >= 15 is 0 Å². The minimum atomic E-state index is 0.317. The quantitative estimate of drug-likeness (QED) is 0.837. The number of hydrogen-bond acceptors (Lipinski definition) is 2. The molecule has 0 aromatic heterocycles. The lowest BCUT2D eigenvalue weighted by Crippen LogP contribution is -2.41. The molecule has 3 heteroatoms. The zero-order valence-corrected chi connectivity index (χ0v) is 11.8. The number of carbonyl (C=O) groups is 1. The van der Waals surface area contributed by atoms with Crippen molar-refractivity contribution in [1.29, 1.82) is 0 Å². The summed E-state index contributed by atoms with van der Waals surface area (Å²) in [6.07, 6.45) is 11.4. The normalized spacial score (nSPS) is 26.9. The first-order valence-corrected chi connectivity index (χ1v) is 7.83. The topological polar surface area (TPSA) is 32.3 Å². The van der Waals surface area contributed by atoms with E-state index in [1.165, 1.54) is 44.9 Å². The first-order valence-electron chi connectivity index (χ1n) is 7.83. The minimum Gasteiger partial charge on any atom is -0.341 e. The van der Waals surface area contributed by atoms with E-state index in [1.807, 2.05) is 11.8 Å². The van der Waals surface area contributed by atoms with Gasteiger partial charge in [-0.2, -0.15) is 0 Å². The molecule has 1 heterocycles. The van der Waals surface area contributed by atoms with Gasteiger partial charge in [0.1, 0.15) is 0 Å². The molecule has 1 N–H and O–H groups in total. The van der Waals surface area contributed by atoms with Gasteiger partial charge < -0.3 is 10.2 Å². The van der Waals surface area contributed by atoms with Crippen molar-refractivity contribution in [3.05, 3.63) is 0 Å². The summed E-state index contributed by atoms with van der Waals surface area (Å²) >= 11 is 0. The van der Waals surface area contributed by atoms with Crippen molar-refractivity contribution >= 4 is 5.91 Å². The Morgan fingerprint density at radius 1 is 1.06 bits per heavy atom. The Morgan fingerprint density at radius 3 is 2.39 bits per heavy atom. The second-order valence-corrected chi connectivity index (χ2v) is 5.89. The van der Waals surface area contributed by atoms with Gasteiger partial charge in [-0.1, -0.05) is 39.0 Å². The average molecular weight is 252 g/mol. The fraction of sp³-hybridized carbons (Fsp3) is 0.933. The molecule has 1 aliphatic carbocycles. The van der Waals surface area contributed by atoms with E-state index < -0.39 is 0 Å². The third-order valence-corrected chi connectivity index (χ3v) is 4.42. The Bertz CT molecular complexity index is 259. The van der Waals surface area contributed by atoms with Crippen LogP contribution in [0.15, 0.2) is 0 Å². The van der Waals surface area contributed by atoms with Gasteiger partial charge in [-0.25, -0.2) is 0 Å². The number of amides is 1. The maximum absolute atomic E-state index is 11.7. The lowest BCUT2D eigenvalue weighted by Gasteiger charge is -2.25. The number of carbonyl (C=O) groups excluding carboxylic acids is 1. The maximum Gasteiger partial charge on any atom is 0.222 e. The minimum absolute atomic E-state index is 0.317. The smallest absolute Gasteiger partial charge is 0.222 e. The molecule has 18 heavy (non-hydrogen) atoms. The molecule has 1 aliphatic heterocycles. The Hall–Kier alpha value is -0.570. The van der Waals surface area contributed by atoms with Gasteiger partial charge in [0.05, 0.1) is 0 Å². The van der Waals surface area contributed by atoms with Crippen LogP contribution < -0.4 is 5.32 Å². The highest BCUT2D eigenvalue weighted by Gasteiger charge is 2.26. The van der Waals surface area contributed by atoms with Crippen LogP contribution in [0.3, 0.4) is 0 Å². The van der Waals surface area contributed by atoms with Gasteiger partial charge in [0.2, 0.25) is 5.91 Å². The van der Waals surface area contributed by atoms with Gasteiger partial charge in [-0.3, -0.25) is 4.79 Å². The van der Waals surface area contributed by atoms with Crippen LogP contribution in [0.4, 0.5) is 0 Å². The van der Waals surface area contributed by atoms with E-state index in [4.69, 9.17) is 0 Å². The fourth-order valence-electron chi connectivity index (χ4n) is 3.30. The average Bonchev–Trinajstić information content (AvgIpc) is 2.80. The third kappa shape index (κ3) is 3.98. The van der Waals surface area contributed by atoms with Crippen LogP contribution in [0.5, 0.6) is 0 Å². The first kappa shape index (κ1) is 13.9. The second-order valence-electron chi connectivity index (χ2n) is 5.89. The van der Waals surface area contributed by atoms with Crippen molar-refractivity contribution < 1.29 is 4.79 Å². The van der Waals surface area contributed by atoms with Gasteiger partial charge in [-0.15, -0.1) is 0 Å². The summed E-state index contributed by atoms with van der Waals surface area (Å²) in [5.41, 5.74) is 0. The van der Waals surface area contributed by atoms with Gasteiger partial charge in [0.15, 0.2) is 0 Å². The van der Waals surface area contributed by atoms with Crippen molar-refractivity contribution in [2.24, 2.45) is 0 Å². The summed E-state index contributed by atoms with van der Waals surface area (Å²) in [5.74, 6) is 0.317. The summed E-state index contributed by atoms with van der Waals surface area (Å²) < 4.78 is 0. The summed E-state index contributed by atoms with van der Waals surface area (Å²) in [6, 6.07) is 1.25. The van der Waals surface area contributed by atoms with Crippen LogP contribution in [-0.2, 0) is 4.79 Å². The molecule has 2 aliphatic rings. The fourth-order valence-corrected chi connectivity index (χ4v) is 3.30. The molecule has 2 fully saturated rings. The van der Waals surface area contributed by atoms with Gasteiger partial charge in [0.25, 0.3) is 0 Å². The maximum atomic E-state index is 11.7. The predicted octanol–water partition coefficient (Wildman–Crippen LogP) is 2.70. The van der Waals surface area contributed by atoms with Crippen LogP contribution >= 0.6 is 0 Å². The van der Waals surface area contributed by atoms with E-state index in [0.29, 0.717) is 24.4 Å². The molecule has 1 atom stereocenters. The molecular weight excluding hydrogens is 224 g/mol. The highest BCUT2D eigenvalue weighted by Crippen LogP contribution is 2.19. The second kappa shape index (κ2) is 7.13. The van der Waals surface area contributed by atoms with Crippen molar-refractivity contribution in [2.75, 3.05) is 13.1 Å². The van der Waals surface area contributed by atoms with Gasteiger partial charge in [0, 0.05) is 31.6 Å². The Balaban J connectivity index is 1.74. The van der Waals surface area contributed by atoms with Crippen LogP contribution in [0.2, 0.25) is 0 Å². The summed E-state index contributed by atoms with van der Waals surface area (Å²) in [4.78, 5) is 13.7. The number of hydrogen-bond donors (Lipinski definition) is 1. The molecule has 3 nitrogen and oxygen atoms in total. The Morgan fingerprint density at radius 2 is 1.72 bits per heavy atom. The molecule has 1 saturated heterocycles. The summed E-state index contributed by atoms with van der Waals surface area (Å²) in [5, 5.41) is 3.80. The zero-order valence-electron chi connectivity index (χ0n) is 11.8. The van der Waals surface area contributed by atoms with E-state index in [0.717, 1.165) is 19.5 Å². The summed E-state index contributed by atoms with van der Waals surface area (Å²) in [6.45, 7) is 3.85. The SMILES string of the molecule is CCC(=O)N1CCC(NC2CCCCCCC2)C1. The molecule has 0 aromatic carbocycles. The molecule has 0 aromatic rings. The molecule has 104 valence electrons. The number of rotatable bonds is 3. The molecule has 1 saturated carbocycles. The molecule has 1 unspecified atom stereocenters. The predicted molar refractivity (Wildman–Crippen MR) is 74.5 cm³/mol. The number of likely N-dealkylation sites (tertiary alicyclic amines) is 1. The molecule has 0 bridgehead atoms. The Labute approximate surface area is 111 Å². The van der Waals surface area contributed by atoms with Crippen molar-refractivity contribution in [3.8, 4) is 0 Å². The molecular formula is C15H28N2O. The van der Waals surface area contributed by atoms with Crippen LogP contribution in [0.25, 0.3) is 0 Å². The highest BCUT2D eigenvalue weighted by molar-refractivity contribution is 5.76. The zero-order chi connectivity index (χ0) is 12.8. The van der Waals surface area contributed by atoms with E-state index in [1.54, 1.807) is 0 Å². The standard InChI is InChI=1S/C15H28N2O/c1-2-15(18)17-11-10-14(12-17)16-13-8-6-4-3-5-7-9-13/h13-14,16H,2-12H2,1H3. The van der Waals surface area contributed by atoms with Crippen molar-refractivity contribution in [1.82, 2.24) is 10.2 Å². The molecule has 1 amide bonds. The van der Waals surface area contributed by atoms with Gasteiger partial charge in [-0.05, 0) is 19.3 Å². The van der Waals surface area contributed by atoms with Gasteiger partial charge >= 0.3 is 0 Å². The summed E-state index contributed by atoms with van der Waals surface area (Å²) in [7, 11) is 0.